The van der Waals surface area contributed by atoms with Gasteiger partial charge in [-0.2, -0.15) is 0 Å². The van der Waals surface area contributed by atoms with Crippen LogP contribution >= 0.6 is 0 Å². The highest BCUT2D eigenvalue weighted by molar-refractivity contribution is 5.94. The van der Waals surface area contributed by atoms with E-state index in [-0.39, 0.29) is 23.8 Å². The third-order valence-electron chi connectivity index (χ3n) is 4.06. The summed E-state index contributed by atoms with van der Waals surface area (Å²) < 4.78 is 0. The minimum Gasteiger partial charge on any atom is -0.478 e. The SMILES string of the molecule is CCCCNC(=O)c1ccc(CNC(=O)Cc2cccc(C(=O)O)c2)cc1. The topological polar surface area (TPSA) is 95.5 Å². The number of carbonyl (C=O) groups excluding carboxylic acids is 2. The lowest BCUT2D eigenvalue weighted by molar-refractivity contribution is -0.120. The van der Waals surface area contributed by atoms with Gasteiger partial charge in [-0.15, -0.1) is 0 Å². The minimum absolute atomic E-state index is 0.0997. The smallest absolute Gasteiger partial charge is 0.335 e. The van der Waals surface area contributed by atoms with Gasteiger partial charge in [0.05, 0.1) is 12.0 Å². The molecule has 0 unspecified atom stereocenters. The second kappa shape index (κ2) is 10.1. The molecule has 6 heteroatoms. The van der Waals surface area contributed by atoms with Crippen LogP contribution in [-0.2, 0) is 17.8 Å². The van der Waals surface area contributed by atoms with Crippen molar-refractivity contribution < 1.29 is 19.5 Å². The van der Waals surface area contributed by atoms with Gasteiger partial charge < -0.3 is 15.7 Å². The number of hydrogen-bond acceptors (Lipinski definition) is 3. The first-order valence-corrected chi connectivity index (χ1v) is 8.95. The van der Waals surface area contributed by atoms with E-state index in [9.17, 15) is 14.4 Å². The maximum atomic E-state index is 12.1. The molecule has 6 nitrogen and oxygen atoms in total. The highest BCUT2D eigenvalue weighted by Gasteiger charge is 2.08. The van der Waals surface area contributed by atoms with E-state index in [1.807, 2.05) is 0 Å². The van der Waals surface area contributed by atoms with Crippen molar-refractivity contribution in [3.8, 4) is 0 Å². The number of nitrogens with one attached hydrogen (secondary N) is 2. The number of unbranched alkanes of at least 4 members (excludes halogenated alkanes) is 1. The number of carboxylic acids is 1. The maximum Gasteiger partial charge on any atom is 0.335 e. The van der Waals surface area contributed by atoms with E-state index < -0.39 is 5.97 Å². The van der Waals surface area contributed by atoms with Crippen LogP contribution in [0.2, 0.25) is 0 Å². The van der Waals surface area contributed by atoms with Gasteiger partial charge in [0.2, 0.25) is 5.91 Å². The van der Waals surface area contributed by atoms with Crippen molar-refractivity contribution in [3.05, 3.63) is 70.8 Å². The van der Waals surface area contributed by atoms with Crippen LogP contribution in [-0.4, -0.2) is 29.4 Å². The summed E-state index contributed by atoms with van der Waals surface area (Å²) in [7, 11) is 0. The number of amides is 2. The zero-order valence-electron chi connectivity index (χ0n) is 15.3. The summed E-state index contributed by atoms with van der Waals surface area (Å²) in [6.07, 6.45) is 2.09. The Balaban J connectivity index is 1.83. The van der Waals surface area contributed by atoms with Gasteiger partial charge in [-0.25, -0.2) is 4.79 Å². The largest absolute Gasteiger partial charge is 0.478 e. The van der Waals surface area contributed by atoms with E-state index in [1.54, 1.807) is 36.4 Å². The second-order valence-corrected chi connectivity index (χ2v) is 6.27. The van der Waals surface area contributed by atoms with Crippen LogP contribution in [0.5, 0.6) is 0 Å². The maximum absolute atomic E-state index is 12.1. The number of benzene rings is 2. The third-order valence-corrected chi connectivity index (χ3v) is 4.06. The molecule has 2 aromatic rings. The van der Waals surface area contributed by atoms with Gasteiger partial charge in [0.1, 0.15) is 0 Å². The molecule has 2 aromatic carbocycles. The highest BCUT2D eigenvalue weighted by Crippen LogP contribution is 2.07. The molecule has 142 valence electrons. The van der Waals surface area contributed by atoms with Crippen LogP contribution in [0.4, 0.5) is 0 Å². The van der Waals surface area contributed by atoms with Crippen molar-refractivity contribution in [1.29, 1.82) is 0 Å². The summed E-state index contributed by atoms with van der Waals surface area (Å²) in [4.78, 5) is 35.0. The predicted molar refractivity (Wildman–Crippen MR) is 103 cm³/mol. The van der Waals surface area contributed by atoms with Gasteiger partial charge in [-0.05, 0) is 41.8 Å². The molecule has 0 radical (unpaired) electrons. The van der Waals surface area contributed by atoms with Crippen LogP contribution in [0.25, 0.3) is 0 Å². The number of carboxylic acid groups (broad SMARTS) is 1. The van der Waals surface area contributed by atoms with Crippen molar-refractivity contribution in [2.45, 2.75) is 32.7 Å². The van der Waals surface area contributed by atoms with Crippen molar-refractivity contribution >= 4 is 17.8 Å². The lowest BCUT2D eigenvalue weighted by Gasteiger charge is -2.08. The summed E-state index contributed by atoms with van der Waals surface area (Å²) in [6.45, 7) is 3.07. The van der Waals surface area contributed by atoms with Gasteiger partial charge in [-0.3, -0.25) is 9.59 Å². The zero-order valence-corrected chi connectivity index (χ0v) is 15.3. The van der Waals surface area contributed by atoms with Gasteiger partial charge >= 0.3 is 5.97 Å². The molecule has 0 spiro atoms. The molecule has 3 N–H and O–H groups in total. The summed E-state index contributed by atoms with van der Waals surface area (Å²) >= 11 is 0. The Morgan fingerprint density at radius 3 is 2.33 bits per heavy atom. The third kappa shape index (κ3) is 6.58. The van der Waals surface area contributed by atoms with Crippen LogP contribution in [0.15, 0.2) is 48.5 Å². The standard InChI is InChI=1S/C21H24N2O4/c1-2-3-11-22-20(25)17-9-7-15(8-10-17)14-23-19(24)13-16-5-4-6-18(12-16)21(26)27/h4-10,12H,2-3,11,13-14H2,1H3,(H,22,25)(H,23,24)(H,26,27). The molecule has 0 bridgehead atoms. The lowest BCUT2D eigenvalue weighted by Crippen LogP contribution is -2.25. The quantitative estimate of drug-likeness (QED) is 0.593. The van der Waals surface area contributed by atoms with Gasteiger partial charge in [0, 0.05) is 18.7 Å². The van der Waals surface area contributed by atoms with Crippen LogP contribution in [0.1, 0.15) is 51.6 Å². The van der Waals surface area contributed by atoms with Crippen molar-refractivity contribution in [2.75, 3.05) is 6.54 Å². The van der Waals surface area contributed by atoms with E-state index in [1.165, 1.54) is 12.1 Å². The van der Waals surface area contributed by atoms with E-state index in [2.05, 4.69) is 17.6 Å². The molecule has 2 amide bonds. The molecule has 0 aromatic heterocycles. The summed E-state index contributed by atoms with van der Waals surface area (Å²) in [5.41, 5.74) is 2.28. The Morgan fingerprint density at radius 1 is 0.926 bits per heavy atom. The number of hydrogen-bond donors (Lipinski definition) is 3. The summed E-state index contributed by atoms with van der Waals surface area (Å²) in [5, 5.41) is 14.6. The zero-order chi connectivity index (χ0) is 19.6. The number of carbonyl (C=O) groups is 3. The van der Waals surface area contributed by atoms with Gasteiger partial charge in [-0.1, -0.05) is 37.6 Å². The van der Waals surface area contributed by atoms with Crippen molar-refractivity contribution in [2.24, 2.45) is 0 Å². The van der Waals surface area contributed by atoms with E-state index in [4.69, 9.17) is 5.11 Å². The van der Waals surface area contributed by atoms with E-state index in [0.29, 0.717) is 24.2 Å². The minimum atomic E-state index is -1.02. The fraction of sp³-hybridized carbons (Fsp3) is 0.286. The Hall–Kier alpha value is -3.15. The van der Waals surface area contributed by atoms with Crippen LogP contribution in [0, 0.1) is 0 Å². The first-order chi connectivity index (χ1) is 13.0. The molecular weight excluding hydrogens is 344 g/mol. The Kier molecular flexibility index (Phi) is 7.55. The fourth-order valence-corrected chi connectivity index (χ4v) is 2.52. The van der Waals surface area contributed by atoms with Crippen molar-refractivity contribution in [3.63, 3.8) is 0 Å². The fourth-order valence-electron chi connectivity index (χ4n) is 2.52. The molecule has 0 saturated carbocycles. The molecule has 0 atom stereocenters. The molecule has 0 aliphatic carbocycles. The Labute approximate surface area is 158 Å². The first kappa shape index (κ1) is 20.2. The van der Waals surface area contributed by atoms with Crippen LogP contribution in [0.3, 0.4) is 0 Å². The molecule has 0 saturated heterocycles. The average Bonchev–Trinajstić information content (AvgIpc) is 2.67. The molecule has 0 aliphatic rings. The number of rotatable bonds is 9. The first-order valence-electron chi connectivity index (χ1n) is 8.95. The Bertz CT molecular complexity index is 800. The molecule has 0 aliphatic heterocycles. The molecular formula is C21H24N2O4. The van der Waals surface area contributed by atoms with E-state index >= 15 is 0 Å². The molecule has 0 heterocycles. The monoisotopic (exact) mass is 368 g/mol. The van der Waals surface area contributed by atoms with Crippen molar-refractivity contribution in [1.82, 2.24) is 10.6 Å². The average molecular weight is 368 g/mol. The van der Waals surface area contributed by atoms with Gasteiger partial charge in [0.25, 0.3) is 5.91 Å². The molecule has 2 rings (SSSR count). The van der Waals surface area contributed by atoms with Crippen LogP contribution < -0.4 is 10.6 Å². The highest BCUT2D eigenvalue weighted by atomic mass is 16.4. The lowest BCUT2D eigenvalue weighted by atomic mass is 10.1. The molecule has 0 fully saturated rings. The number of aromatic carboxylic acids is 1. The van der Waals surface area contributed by atoms with E-state index in [0.717, 1.165) is 18.4 Å². The second-order valence-electron chi connectivity index (χ2n) is 6.27. The summed E-state index contributed by atoms with van der Waals surface area (Å²) in [6, 6.07) is 13.4. The predicted octanol–water partition coefficient (Wildman–Crippen LogP) is 2.77. The van der Waals surface area contributed by atoms with Gasteiger partial charge in [0.15, 0.2) is 0 Å². The normalized spacial score (nSPS) is 10.3. The molecule has 27 heavy (non-hydrogen) atoms. The summed E-state index contributed by atoms with van der Waals surface area (Å²) in [5.74, 6) is -1.31. The Morgan fingerprint density at radius 2 is 1.67 bits per heavy atom.